The van der Waals surface area contributed by atoms with E-state index in [1.54, 1.807) is 24.3 Å². The summed E-state index contributed by atoms with van der Waals surface area (Å²) in [6, 6.07) is 11.8. The smallest absolute Gasteiger partial charge is 0.123 e. The monoisotopic (exact) mass is 333 g/mol. The largest absolute Gasteiger partial charge is 0.387 e. The molecule has 1 aliphatic rings. The van der Waals surface area contributed by atoms with Gasteiger partial charge in [-0.3, -0.25) is 0 Å². The van der Waals surface area contributed by atoms with Crippen molar-refractivity contribution in [3.63, 3.8) is 0 Å². The molecule has 2 aromatic carbocycles. The minimum absolute atomic E-state index is 0.317. The number of hydrogen-bond acceptors (Lipinski definition) is 3. The molecule has 128 valence electrons. The van der Waals surface area contributed by atoms with E-state index in [-0.39, 0.29) is 11.6 Å². The molecule has 1 aliphatic heterocycles. The first-order valence-electron chi connectivity index (χ1n) is 8.11. The summed E-state index contributed by atoms with van der Waals surface area (Å²) < 4.78 is 26.0. The fourth-order valence-corrected chi connectivity index (χ4v) is 3.19. The van der Waals surface area contributed by atoms with Crippen molar-refractivity contribution in [2.45, 2.75) is 24.5 Å². The van der Waals surface area contributed by atoms with E-state index in [1.165, 1.54) is 24.3 Å². The molecule has 0 aliphatic carbocycles. The molecule has 2 aromatic rings. The van der Waals surface area contributed by atoms with Crippen LogP contribution in [0.25, 0.3) is 0 Å². The second kappa shape index (κ2) is 6.97. The molecule has 1 saturated heterocycles. The Morgan fingerprint density at radius 2 is 1.42 bits per heavy atom. The maximum absolute atomic E-state index is 13.0. The van der Waals surface area contributed by atoms with Crippen molar-refractivity contribution in [1.29, 1.82) is 0 Å². The highest BCUT2D eigenvalue weighted by Crippen LogP contribution is 2.33. The Morgan fingerprint density at radius 3 is 1.96 bits per heavy atom. The van der Waals surface area contributed by atoms with E-state index in [9.17, 15) is 19.0 Å². The molecule has 3 nitrogen and oxygen atoms in total. The fraction of sp³-hybridized carbons (Fsp3) is 0.368. The Bertz CT molecular complexity index is 665. The van der Waals surface area contributed by atoms with Gasteiger partial charge in [0.2, 0.25) is 0 Å². The van der Waals surface area contributed by atoms with E-state index in [1.807, 2.05) is 0 Å². The number of aliphatic hydroxyl groups is 2. The highest BCUT2D eigenvalue weighted by Gasteiger charge is 2.34. The lowest BCUT2D eigenvalue weighted by molar-refractivity contribution is -0.0345. The molecular weight excluding hydrogens is 312 g/mol. The van der Waals surface area contributed by atoms with Gasteiger partial charge in [0.05, 0.1) is 11.7 Å². The maximum Gasteiger partial charge on any atom is 0.123 e. The van der Waals surface area contributed by atoms with Gasteiger partial charge >= 0.3 is 0 Å². The summed E-state index contributed by atoms with van der Waals surface area (Å²) in [7, 11) is 0. The zero-order valence-corrected chi connectivity index (χ0v) is 13.3. The van der Waals surface area contributed by atoms with Crippen molar-refractivity contribution in [2.75, 3.05) is 19.6 Å². The minimum atomic E-state index is -0.953. The maximum atomic E-state index is 13.0. The van der Waals surface area contributed by atoms with Gasteiger partial charge in [0.1, 0.15) is 11.6 Å². The third kappa shape index (κ3) is 3.80. The molecule has 3 rings (SSSR count). The highest BCUT2D eigenvalue weighted by atomic mass is 19.1. The fourth-order valence-electron chi connectivity index (χ4n) is 3.19. The van der Waals surface area contributed by atoms with Crippen LogP contribution in [0.5, 0.6) is 0 Å². The van der Waals surface area contributed by atoms with Crippen molar-refractivity contribution in [3.8, 4) is 0 Å². The van der Waals surface area contributed by atoms with Crippen LogP contribution in [-0.2, 0) is 5.60 Å². The van der Waals surface area contributed by atoms with Gasteiger partial charge in [-0.1, -0.05) is 24.3 Å². The molecule has 1 fully saturated rings. The zero-order valence-electron chi connectivity index (χ0n) is 13.3. The first-order valence-corrected chi connectivity index (χ1v) is 8.11. The van der Waals surface area contributed by atoms with Crippen molar-refractivity contribution >= 4 is 0 Å². The molecule has 24 heavy (non-hydrogen) atoms. The molecule has 0 bridgehead atoms. The number of benzene rings is 2. The minimum Gasteiger partial charge on any atom is -0.387 e. The third-order valence-electron chi connectivity index (χ3n) is 4.75. The van der Waals surface area contributed by atoms with Crippen LogP contribution >= 0.6 is 0 Å². The average Bonchev–Trinajstić information content (AvgIpc) is 2.58. The van der Waals surface area contributed by atoms with Gasteiger partial charge in [0.15, 0.2) is 0 Å². The number of likely N-dealkylation sites (tertiary alicyclic amines) is 1. The van der Waals surface area contributed by atoms with E-state index in [2.05, 4.69) is 4.90 Å². The SMILES string of the molecule is O[C@@H](CN1CCC(O)(c2ccc(F)cc2)CC1)c1ccc(F)cc1. The van der Waals surface area contributed by atoms with Gasteiger partial charge < -0.3 is 15.1 Å². The van der Waals surface area contributed by atoms with E-state index in [0.29, 0.717) is 38.0 Å². The van der Waals surface area contributed by atoms with E-state index < -0.39 is 11.7 Å². The first-order chi connectivity index (χ1) is 11.5. The van der Waals surface area contributed by atoms with Gasteiger partial charge in [-0.05, 0) is 48.2 Å². The lowest BCUT2D eigenvalue weighted by atomic mass is 9.84. The molecule has 1 atom stereocenters. The number of rotatable bonds is 4. The molecule has 0 saturated carbocycles. The van der Waals surface area contributed by atoms with Crippen LogP contribution in [-0.4, -0.2) is 34.7 Å². The summed E-state index contributed by atoms with van der Waals surface area (Å²) in [6.07, 6.45) is 0.353. The Balaban J connectivity index is 1.58. The summed E-state index contributed by atoms with van der Waals surface area (Å²) in [5.41, 5.74) is 0.448. The summed E-state index contributed by atoms with van der Waals surface area (Å²) in [5, 5.41) is 21.1. The number of β-amino-alcohol motifs (C(OH)–C–C–N with tert-alkyl or cyclic N) is 1. The van der Waals surface area contributed by atoms with Crippen LogP contribution in [0.4, 0.5) is 8.78 Å². The van der Waals surface area contributed by atoms with Gasteiger partial charge in [-0.15, -0.1) is 0 Å². The molecule has 2 N–H and O–H groups in total. The summed E-state index contributed by atoms with van der Waals surface area (Å²) in [4.78, 5) is 2.08. The Morgan fingerprint density at radius 1 is 0.917 bits per heavy atom. The zero-order chi connectivity index (χ0) is 17.2. The predicted molar refractivity (Wildman–Crippen MR) is 87.3 cm³/mol. The van der Waals surface area contributed by atoms with Crippen LogP contribution in [0, 0.1) is 11.6 Å². The molecule has 0 spiro atoms. The number of piperidine rings is 1. The van der Waals surface area contributed by atoms with Crippen molar-refractivity contribution in [1.82, 2.24) is 4.90 Å². The Labute approximate surface area is 140 Å². The number of aliphatic hydroxyl groups excluding tert-OH is 1. The van der Waals surface area contributed by atoms with Gasteiger partial charge in [-0.25, -0.2) is 8.78 Å². The lowest BCUT2D eigenvalue weighted by Gasteiger charge is -2.39. The van der Waals surface area contributed by atoms with E-state index in [0.717, 1.165) is 5.56 Å². The normalized spacial score (nSPS) is 19.2. The van der Waals surface area contributed by atoms with Gasteiger partial charge in [0, 0.05) is 19.6 Å². The van der Waals surface area contributed by atoms with Gasteiger partial charge in [0.25, 0.3) is 0 Å². The molecule has 1 heterocycles. The first kappa shape index (κ1) is 17.0. The van der Waals surface area contributed by atoms with Crippen LogP contribution in [0.1, 0.15) is 30.1 Å². The second-order valence-electron chi connectivity index (χ2n) is 6.41. The highest BCUT2D eigenvalue weighted by molar-refractivity contribution is 5.24. The number of hydrogen-bond donors (Lipinski definition) is 2. The van der Waals surface area contributed by atoms with Crippen LogP contribution in [0.15, 0.2) is 48.5 Å². The van der Waals surface area contributed by atoms with Crippen LogP contribution in [0.2, 0.25) is 0 Å². The number of nitrogens with zero attached hydrogens (tertiary/aromatic N) is 1. The van der Waals surface area contributed by atoms with Crippen molar-refractivity contribution < 1.29 is 19.0 Å². The molecule has 0 amide bonds. The summed E-state index contributed by atoms with van der Waals surface area (Å²) in [6.45, 7) is 1.70. The lowest BCUT2D eigenvalue weighted by Crippen LogP contribution is -2.43. The summed E-state index contributed by atoms with van der Waals surface area (Å²) >= 11 is 0. The van der Waals surface area contributed by atoms with Crippen LogP contribution < -0.4 is 0 Å². The third-order valence-corrected chi connectivity index (χ3v) is 4.75. The molecule has 5 heteroatoms. The van der Waals surface area contributed by atoms with E-state index in [4.69, 9.17) is 0 Å². The average molecular weight is 333 g/mol. The van der Waals surface area contributed by atoms with E-state index >= 15 is 0 Å². The molecule has 0 unspecified atom stereocenters. The van der Waals surface area contributed by atoms with Crippen molar-refractivity contribution in [3.05, 3.63) is 71.3 Å². The molecule has 0 radical (unpaired) electrons. The Hall–Kier alpha value is -1.82. The topological polar surface area (TPSA) is 43.7 Å². The van der Waals surface area contributed by atoms with Crippen molar-refractivity contribution in [2.24, 2.45) is 0 Å². The molecular formula is C19H21F2NO2. The quantitative estimate of drug-likeness (QED) is 0.904. The predicted octanol–water partition coefficient (Wildman–Crippen LogP) is 2.98. The van der Waals surface area contributed by atoms with Crippen LogP contribution in [0.3, 0.4) is 0 Å². The van der Waals surface area contributed by atoms with Gasteiger partial charge in [-0.2, -0.15) is 0 Å². The summed E-state index contributed by atoms with van der Waals surface area (Å²) in [5.74, 6) is -0.643. The Kier molecular flexibility index (Phi) is 4.94. The standard InChI is InChI=1S/C19H21F2NO2/c20-16-5-1-14(2-6-16)18(23)13-22-11-9-19(24,10-12-22)15-3-7-17(21)8-4-15/h1-8,18,23-24H,9-13H2/t18-/m0/s1. The molecule has 0 aromatic heterocycles. The second-order valence-corrected chi connectivity index (χ2v) is 6.41. The number of halogens is 2.